The highest BCUT2D eigenvalue weighted by molar-refractivity contribution is 5.52. The van der Waals surface area contributed by atoms with Crippen molar-refractivity contribution in [3.63, 3.8) is 0 Å². The molecule has 1 aromatic carbocycles. The lowest BCUT2D eigenvalue weighted by Crippen LogP contribution is -1.94. The molecule has 2 N–H and O–H groups in total. The van der Waals surface area contributed by atoms with E-state index < -0.39 is 0 Å². The summed E-state index contributed by atoms with van der Waals surface area (Å²) in [5.41, 5.74) is 0. The third-order valence-electron chi connectivity index (χ3n) is 1.56. The van der Waals surface area contributed by atoms with Gasteiger partial charge >= 0.3 is 0 Å². The van der Waals surface area contributed by atoms with Crippen molar-refractivity contribution >= 4 is 0 Å². The average molecular weight is 184 g/mol. The lowest BCUT2D eigenvalue weighted by Gasteiger charge is -2.09. The quantitative estimate of drug-likeness (QED) is 0.699. The highest BCUT2D eigenvalue weighted by Gasteiger charge is 2.09. The van der Waals surface area contributed by atoms with Gasteiger partial charge in [-0.1, -0.05) is 0 Å². The molecule has 0 aliphatic heterocycles. The maximum absolute atomic E-state index is 9.16. The first-order valence-electron chi connectivity index (χ1n) is 3.91. The van der Waals surface area contributed by atoms with Crippen LogP contribution in [0.2, 0.25) is 0 Å². The number of hydrogen-bond acceptors (Lipinski definition) is 4. The third-order valence-corrected chi connectivity index (χ3v) is 1.56. The third kappa shape index (κ3) is 1.96. The molecule has 0 radical (unpaired) electrons. The summed E-state index contributed by atoms with van der Waals surface area (Å²) >= 11 is 0. The van der Waals surface area contributed by atoms with Crippen molar-refractivity contribution in [3.05, 3.63) is 12.1 Å². The normalized spacial score (nSPS) is 9.69. The Bertz CT molecular complexity index is 296. The molecule has 13 heavy (non-hydrogen) atoms. The van der Waals surface area contributed by atoms with Gasteiger partial charge < -0.3 is 19.7 Å². The Hall–Kier alpha value is -1.58. The Morgan fingerprint density at radius 3 is 2.15 bits per heavy atom. The van der Waals surface area contributed by atoms with Crippen LogP contribution in [0.4, 0.5) is 0 Å². The van der Waals surface area contributed by atoms with Gasteiger partial charge in [0.2, 0.25) is 0 Å². The van der Waals surface area contributed by atoms with E-state index in [4.69, 9.17) is 19.7 Å². The van der Waals surface area contributed by atoms with Crippen LogP contribution in [0.25, 0.3) is 0 Å². The summed E-state index contributed by atoms with van der Waals surface area (Å²) in [6, 6.07) is 2.62. The van der Waals surface area contributed by atoms with Gasteiger partial charge in [-0.15, -0.1) is 0 Å². The van der Waals surface area contributed by atoms with Crippen molar-refractivity contribution in [3.8, 4) is 23.0 Å². The molecule has 0 heterocycles. The summed E-state index contributed by atoms with van der Waals surface area (Å²) in [6.45, 7) is 2.30. The summed E-state index contributed by atoms with van der Waals surface area (Å²) in [5, 5.41) is 18.3. The molecule has 4 nitrogen and oxygen atoms in total. The minimum atomic E-state index is -0.222. The fraction of sp³-hybridized carbons (Fsp3) is 0.333. The summed E-state index contributed by atoms with van der Waals surface area (Å²) in [4.78, 5) is 0. The molecular weight excluding hydrogens is 172 g/mol. The first-order chi connectivity index (χ1) is 6.19. The Labute approximate surface area is 76.3 Å². The predicted octanol–water partition coefficient (Wildman–Crippen LogP) is 1.51. The molecule has 1 aromatic rings. The van der Waals surface area contributed by atoms with Gasteiger partial charge in [0, 0.05) is 12.1 Å². The summed E-state index contributed by atoms with van der Waals surface area (Å²) in [5.74, 6) is 0.377. The van der Waals surface area contributed by atoms with Gasteiger partial charge in [-0.3, -0.25) is 0 Å². The van der Waals surface area contributed by atoms with Crippen LogP contribution in [0.5, 0.6) is 23.0 Å². The van der Waals surface area contributed by atoms with Crippen molar-refractivity contribution in [2.45, 2.75) is 6.92 Å². The first-order valence-corrected chi connectivity index (χ1v) is 3.91. The molecule has 0 saturated heterocycles. The highest BCUT2D eigenvalue weighted by Crippen LogP contribution is 2.37. The van der Waals surface area contributed by atoms with E-state index in [0.29, 0.717) is 18.1 Å². The Morgan fingerprint density at radius 1 is 1.15 bits per heavy atom. The number of methoxy groups -OCH3 is 1. The second-order valence-electron chi connectivity index (χ2n) is 2.42. The number of hydrogen-bond donors (Lipinski definition) is 2. The monoisotopic (exact) mass is 184 g/mol. The summed E-state index contributed by atoms with van der Waals surface area (Å²) in [6.07, 6.45) is 0. The van der Waals surface area contributed by atoms with Crippen molar-refractivity contribution in [2.24, 2.45) is 0 Å². The number of aromatic hydroxyl groups is 2. The molecule has 0 amide bonds. The fourth-order valence-electron chi connectivity index (χ4n) is 0.966. The molecule has 0 spiro atoms. The van der Waals surface area contributed by atoms with Crippen LogP contribution in [-0.2, 0) is 0 Å². The number of benzene rings is 1. The molecule has 0 unspecified atom stereocenters. The topological polar surface area (TPSA) is 58.9 Å². The maximum atomic E-state index is 9.16. The molecule has 0 aliphatic rings. The van der Waals surface area contributed by atoms with E-state index in [9.17, 15) is 0 Å². The van der Waals surface area contributed by atoms with Crippen molar-refractivity contribution < 1.29 is 19.7 Å². The summed E-state index contributed by atoms with van der Waals surface area (Å²) in [7, 11) is 1.47. The van der Waals surface area contributed by atoms with E-state index in [1.54, 1.807) is 0 Å². The van der Waals surface area contributed by atoms with Crippen molar-refractivity contribution in [2.75, 3.05) is 13.7 Å². The number of phenols is 2. The number of ether oxygens (including phenoxy) is 2. The molecule has 4 heteroatoms. The molecule has 72 valence electrons. The van der Waals surface area contributed by atoms with Gasteiger partial charge in [-0.2, -0.15) is 0 Å². The van der Waals surface area contributed by atoms with E-state index in [1.807, 2.05) is 6.92 Å². The maximum Gasteiger partial charge on any atom is 0.165 e. The zero-order chi connectivity index (χ0) is 9.84. The van der Waals surface area contributed by atoms with Crippen molar-refractivity contribution in [1.29, 1.82) is 0 Å². The highest BCUT2D eigenvalue weighted by atomic mass is 16.5. The van der Waals surface area contributed by atoms with E-state index in [-0.39, 0.29) is 11.5 Å². The zero-order valence-electron chi connectivity index (χ0n) is 7.57. The zero-order valence-corrected chi connectivity index (χ0v) is 7.57. The van der Waals surface area contributed by atoms with Crippen LogP contribution in [-0.4, -0.2) is 23.9 Å². The molecule has 0 aromatic heterocycles. The fourth-order valence-corrected chi connectivity index (χ4v) is 0.966. The molecule has 0 saturated carbocycles. The largest absolute Gasteiger partial charge is 0.504 e. The van der Waals surface area contributed by atoms with E-state index in [2.05, 4.69) is 0 Å². The van der Waals surface area contributed by atoms with E-state index in [0.717, 1.165) is 0 Å². The molecule has 0 fully saturated rings. The average Bonchev–Trinajstić information content (AvgIpc) is 2.11. The van der Waals surface area contributed by atoms with Gasteiger partial charge in [-0.25, -0.2) is 0 Å². The van der Waals surface area contributed by atoms with Crippen LogP contribution < -0.4 is 9.47 Å². The summed E-state index contributed by atoms with van der Waals surface area (Å²) < 4.78 is 10.1. The molecule has 1 rings (SSSR count). The molecule has 0 aliphatic carbocycles. The SMILES string of the molecule is CCOc1cc(O)c(O)cc1OC. The first kappa shape index (κ1) is 9.51. The van der Waals surface area contributed by atoms with E-state index >= 15 is 0 Å². The van der Waals surface area contributed by atoms with Gasteiger partial charge in [0.15, 0.2) is 23.0 Å². The van der Waals surface area contributed by atoms with Crippen LogP contribution in [0, 0.1) is 0 Å². The second-order valence-corrected chi connectivity index (χ2v) is 2.42. The molecular formula is C9H12O4. The Morgan fingerprint density at radius 2 is 1.69 bits per heavy atom. The van der Waals surface area contributed by atoms with Gasteiger partial charge in [0.05, 0.1) is 13.7 Å². The standard InChI is InChI=1S/C9H12O4/c1-3-13-9-5-7(11)6(10)4-8(9)12-2/h4-5,10-11H,3H2,1-2H3. The van der Waals surface area contributed by atoms with Gasteiger partial charge in [0.25, 0.3) is 0 Å². The van der Waals surface area contributed by atoms with Crippen LogP contribution in [0.3, 0.4) is 0 Å². The van der Waals surface area contributed by atoms with E-state index in [1.165, 1.54) is 19.2 Å². The second kappa shape index (κ2) is 3.89. The van der Waals surface area contributed by atoms with Crippen LogP contribution in [0.1, 0.15) is 6.92 Å². The van der Waals surface area contributed by atoms with Gasteiger partial charge in [-0.05, 0) is 6.92 Å². The smallest absolute Gasteiger partial charge is 0.165 e. The minimum Gasteiger partial charge on any atom is -0.504 e. The lowest BCUT2D eigenvalue weighted by molar-refractivity contribution is 0.305. The van der Waals surface area contributed by atoms with Crippen LogP contribution >= 0.6 is 0 Å². The number of phenolic OH excluding ortho intramolecular Hbond substituents is 2. The predicted molar refractivity (Wildman–Crippen MR) is 47.5 cm³/mol. The van der Waals surface area contributed by atoms with Crippen LogP contribution in [0.15, 0.2) is 12.1 Å². The number of rotatable bonds is 3. The van der Waals surface area contributed by atoms with Crippen molar-refractivity contribution in [1.82, 2.24) is 0 Å². The lowest BCUT2D eigenvalue weighted by atomic mass is 10.3. The Kier molecular flexibility index (Phi) is 2.84. The Balaban J connectivity index is 3.09. The van der Waals surface area contributed by atoms with Gasteiger partial charge in [0.1, 0.15) is 0 Å². The molecule has 0 atom stereocenters. The molecule has 0 bridgehead atoms. The minimum absolute atomic E-state index is 0.218.